The third-order valence-corrected chi connectivity index (χ3v) is 12.5. The number of nitrogens with two attached hydrogens (primary N) is 2. The zero-order valence-corrected chi connectivity index (χ0v) is 29.5. The summed E-state index contributed by atoms with van der Waals surface area (Å²) in [5, 5.41) is 0. The van der Waals surface area contributed by atoms with Crippen molar-refractivity contribution in [3.05, 3.63) is 108 Å². The van der Waals surface area contributed by atoms with Gasteiger partial charge in [0.2, 0.25) is 0 Å². The number of benzene rings is 4. The van der Waals surface area contributed by atoms with Crippen LogP contribution in [0.4, 0.5) is 11.4 Å². The van der Waals surface area contributed by atoms with Crippen molar-refractivity contribution in [2.45, 2.75) is 102 Å². The predicted octanol–water partition coefficient (Wildman–Crippen LogP) is 12.3. The molecule has 3 saturated carbocycles. The molecule has 0 radical (unpaired) electrons. The molecule has 49 heavy (non-hydrogen) atoms. The predicted molar refractivity (Wildman–Crippen MR) is 203 cm³/mol. The van der Waals surface area contributed by atoms with E-state index < -0.39 is 0 Å². The van der Waals surface area contributed by atoms with Gasteiger partial charge in [-0.3, -0.25) is 0 Å². The lowest BCUT2D eigenvalue weighted by Gasteiger charge is -2.53. The molecule has 3 aliphatic carbocycles. The topological polar surface area (TPSA) is 70.5 Å². The highest BCUT2D eigenvalue weighted by Crippen LogP contribution is 2.58. The third-order valence-electron chi connectivity index (χ3n) is 12.5. The largest absolute Gasteiger partial charge is 0.457 e. The van der Waals surface area contributed by atoms with E-state index in [1.807, 2.05) is 48.5 Å². The van der Waals surface area contributed by atoms with Gasteiger partial charge >= 0.3 is 0 Å². The number of hydrogen-bond acceptors (Lipinski definition) is 4. The van der Waals surface area contributed by atoms with Crippen LogP contribution in [0.3, 0.4) is 0 Å². The molecule has 0 unspecified atom stereocenters. The summed E-state index contributed by atoms with van der Waals surface area (Å²) < 4.78 is 12.6. The van der Waals surface area contributed by atoms with Crippen LogP contribution in [-0.2, 0) is 5.41 Å². The minimum Gasteiger partial charge on any atom is -0.457 e. The molecule has 4 N–H and O–H groups in total. The molecule has 4 nitrogen and oxygen atoms in total. The fourth-order valence-electron chi connectivity index (χ4n) is 10.0. The standard InChI is InChI=1S/C45H56N2O2/c1-2-6-32-9-11-33(12-10-32)35-29-30-45(44(31-35)34-7-4-3-5-8-34,36-13-21-40(22-14-36)48-42-25-17-38(46)18-26-42)37-15-23-41(24-16-37)49-43-27-19-39(47)20-28-43/h13-28,32-35,44H,2-12,29-31,46-47H2,1H3/t32?,33?,35-,44-/m0/s1. The first kappa shape index (κ1) is 33.6. The van der Waals surface area contributed by atoms with E-state index in [1.54, 1.807) is 0 Å². The molecule has 0 bridgehead atoms. The van der Waals surface area contributed by atoms with Crippen molar-refractivity contribution >= 4 is 11.4 Å². The molecule has 258 valence electrons. The van der Waals surface area contributed by atoms with Gasteiger partial charge in [-0.1, -0.05) is 89.0 Å². The monoisotopic (exact) mass is 656 g/mol. The zero-order valence-electron chi connectivity index (χ0n) is 29.5. The molecular weight excluding hydrogens is 601 g/mol. The Labute approximate surface area is 294 Å². The highest BCUT2D eigenvalue weighted by atomic mass is 16.5. The summed E-state index contributed by atoms with van der Waals surface area (Å²) in [6.07, 6.45) is 19.2. The molecule has 0 aromatic heterocycles. The lowest BCUT2D eigenvalue weighted by Crippen LogP contribution is -2.47. The molecule has 4 heteroatoms. The van der Waals surface area contributed by atoms with E-state index in [0.717, 1.165) is 58.0 Å². The van der Waals surface area contributed by atoms with Gasteiger partial charge in [-0.25, -0.2) is 0 Å². The first-order valence-electron chi connectivity index (χ1n) is 19.3. The van der Waals surface area contributed by atoms with E-state index in [1.165, 1.54) is 101 Å². The van der Waals surface area contributed by atoms with Crippen LogP contribution in [-0.4, -0.2) is 0 Å². The maximum Gasteiger partial charge on any atom is 0.127 e. The summed E-state index contributed by atoms with van der Waals surface area (Å²) >= 11 is 0. The van der Waals surface area contributed by atoms with Gasteiger partial charge in [0, 0.05) is 16.8 Å². The number of nitrogen functional groups attached to an aromatic ring is 2. The van der Waals surface area contributed by atoms with Crippen LogP contribution in [0.15, 0.2) is 97.1 Å². The molecule has 3 fully saturated rings. The van der Waals surface area contributed by atoms with E-state index in [-0.39, 0.29) is 5.41 Å². The molecule has 4 aromatic rings. The maximum absolute atomic E-state index is 6.28. The van der Waals surface area contributed by atoms with Gasteiger partial charge in [-0.05, 0) is 146 Å². The van der Waals surface area contributed by atoms with Crippen LogP contribution in [0.1, 0.15) is 108 Å². The second-order valence-corrected chi connectivity index (χ2v) is 15.5. The Hall–Kier alpha value is -3.92. The van der Waals surface area contributed by atoms with Crippen molar-refractivity contribution in [2.75, 3.05) is 11.5 Å². The second kappa shape index (κ2) is 15.3. The lowest BCUT2D eigenvalue weighted by molar-refractivity contribution is 0.0519. The van der Waals surface area contributed by atoms with Crippen LogP contribution in [0.25, 0.3) is 0 Å². The van der Waals surface area contributed by atoms with E-state index >= 15 is 0 Å². The Balaban J connectivity index is 1.22. The average molecular weight is 657 g/mol. The number of ether oxygens (including phenoxy) is 2. The number of hydrogen-bond donors (Lipinski definition) is 2. The first-order valence-corrected chi connectivity index (χ1v) is 19.3. The van der Waals surface area contributed by atoms with Crippen molar-refractivity contribution in [3.63, 3.8) is 0 Å². The maximum atomic E-state index is 6.28. The minimum atomic E-state index is -0.0443. The highest BCUT2D eigenvalue weighted by Gasteiger charge is 2.50. The van der Waals surface area contributed by atoms with Crippen LogP contribution in [0.2, 0.25) is 0 Å². The Morgan fingerprint density at radius 2 is 1.00 bits per heavy atom. The van der Waals surface area contributed by atoms with Crippen molar-refractivity contribution in [1.29, 1.82) is 0 Å². The zero-order chi connectivity index (χ0) is 33.6. The summed E-state index contributed by atoms with van der Waals surface area (Å²) in [5.74, 6) is 7.40. The Morgan fingerprint density at radius 3 is 1.47 bits per heavy atom. The molecule has 2 atom stereocenters. The molecule has 4 aromatic carbocycles. The van der Waals surface area contributed by atoms with Gasteiger partial charge in [0.15, 0.2) is 0 Å². The van der Waals surface area contributed by atoms with Gasteiger partial charge in [0.25, 0.3) is 0 Å². The summed E-state index contributed by atoms with van der Waals surface area (Å²) in [4.78, 5) is 0. The summed E-state index contributed by atoms with van der Waals surface area (Å²) in [7, 11) is 0. The normalized spacial score (nSPS) is 24.3. The summed E-state index contributed by atoms with van der Waals surface area (Å²) in [6, 6.07) is 33.6. The quantitative estimate of drug-likeness (QED) is 0.167. The smallest absolute Gasteiger partial charge is 0.127 e. The SMILES string of the molecule is CCCC1CCC([C@H]2CCC(c3ccc(Oc4ccc(N)cc4)cc3)(c3ccc(Oc4ccc(N)cc4)cc3)[C@H](C3CCCCC3)C2)CC1. The highest BCUT2D eigenvalue weighted by molar-refractivity contribution is 5.48. The van der Waals surface area contributed by atoms with Gasteiger partial charge in [-0.2, -0.15) is 0 Å². The van der Waals surface area contributed by atoms with Crippen LogP contribution < -0.4 is 20.9 Å². The van der Waals surface area contributed by atoms with E-state index in [2.05, 4.69) is 55.5 Å². The summed E-state index contributed by atoms with van der Waals surface area (Å²) in [6.45, 7) is 2.36. The van der Waals surface area contributed by atoms with Gasteiger partial charge in [0.1, 0.15) is 23.0 Å². The lowest BCUT2D eigenvalue weighted by atomic mass is 9.51. The molecule has 0 spiro atoms. The molecule has 0 amide bonds. The van der Waals surface area contributed by atoms with Crippen molar-refractivity contribution in [1.82, 2.24) is 0 Å². The van der Waals surface area contributed by atoms with Crippen molar-refractivity contribution in [3.8, 4) is 23.0 Å². The molecule has 0 heterocycles. The van der Waals surface area contributed by atoms with E-state index in [9.17, 15) is 0 Å². The summed E-state index contributed by atoms with van der Waals surface area (Å²) in [5.41, 5.74) is 16.2. The van der Waals surface area contributed by atoms with Crippen molar-refractivity contribution < 1.29 is 9.47 Å². The molecule has 0 aliphatic heterocycles. The van der Waals surface area contributed by atoms with Crippen LogP contribution in [0, 0.1) is 29.6 Å². The fraction of sp³-hybridized carbons (Fsp3) is 0.467. The van der Waals surface area contributed by atoms with E-state index in [0.29, 0.717) is 5.92 Å². The van der Waals surface area contributed by atoms with Crippen LogP contribution in [0.5, 0.6) is 23.0 Å². The van der Waals surface area contributed by atoms with Gasteiger partial charge in [0.05, 0.1) is 0 Å². The average Bonchev–Trinajstić information content (AvgIpc) is 3.15. The third kappa shape index (κ3) is 7.64. The first-order chi connectivity index (χ1) is 24.0. The molecule has 0 saturated heterocycles. The molecular formula is C45H56N2O2. The second-order valence-electron chi connectivity index (χ2n) is 15.5. The molecule has 7 rings (SSSR count). The van der Waals surface area contributed by atoms with Crippen molar-refractivity contribution in [2.24, 2.45) is 29.6 Å². The van der Waals surface area contributed by atoms with E-state index in [4.69, 9.17) is 20.9 Å². The Bertz CT molecular complexity index is 1510. The number of anilines is 2. The Kier molecular flexibility index (Phi) is 10.5. The Morgan fingerprint density at radius 1 is 0.531 bits per heavy atom. The fourth-order valence-corrected chi connectivity index (χ4v) is 10.0. The van der Waals surface area contributed by atoms with Gasteiger partial charge < -0.3 is 20.9 Å². The van der Waals surface area contributed by atoms with Gasteiger partial charge in [-0.15, -0.1) is 0 Å². The number of rotatable bonds is 10. The minimum absolute atomic E-state index is 0.0443. The van der Waals surface area contributed by atoms with Crippen LogP contribution >= 0.6 is 0 Å². The molecule has 3 aliphatic rings.